The average molecular weight is 207 g/mol. The predicted molar refractivity (Wildman–Crippen MR) is 53.2 cm³/mol. The van der Waals surface area contributed by atoms with Gasteiger partial charge < -0.3 is 5.73 Å². The van der Waals surface area contributed by atoms with Crippen molar-refractivity contribution in [1.29, 1.82) is 5.41 Å². The van der Waals surface area contributed by atoms with Gasteiger partial charge in [0.25, 0.3) is 0 Å². The smallest absolute Gasteiger partial charge is 0.212 e. The molecule has 0 radical (unpaired) electrons. The van der Waals surface area contributed by atoms with E-state index in [0.717, 1.165) is 0 Å². The molecule has 0 aliphatic rings. The van der Waals surface area contributed by atoms with Crippen LogP contribution in [0.4, 0.5) is 0 Å². The van der Waals surface area contributed by atoms with Crippen molar-refractivity contribution in [2.24, 2.45) is 5.73 Å². The van der Waals surface area contributed by atoms with Gasteiger partial charge >= 0.3 is 0 Å². The third-order valence-corrected chi connectivity index (χ3v) is 3.32. The Balaban J connectivity index is 4.53. The molecule has 4 N–H and O–H groups in total. The zero-order valence-corrected chi connectivity index (χ0v) is 9.03. The minimum Gasteiger partial charge on any atom is -0.386 e. The van der Waals surface area contributed by atoms with Crippen molar-refractivity contribution in [2.75, 3.05) is 5.75 Å². The van der Waals surface area contributed by atoms with Crippen LogP contribution in [0.25, 0.3) is 0 Å². The molecule has 0 aliphatic heterocycles. The Bertz CT molecular complexity index is 282. The van der Waals surface area contributed by atoms with Gasteiger partial charge in [-0.2, -0.15) is 0 Å². The van der Waals surface area contributed by atoms with E-state index in [2.05, 4.69) is 4.72 Å². The maximum Gasteiger partial charge on any atom is 0.212 e. The van der Waals surface area contributed by atoms with Crippen LogP contribution in [0.3, 0.4) is 0 Å². The monoisotopic (exact) mass is 207 g/mol. The van der Waals surface area contributed by atoms with Gasteiger partial charge in [0.05, 0.1) is 11.3 Å². The van der Waals surface area contributed by atoms with Crippen LogP contribution in [0.2, 0.25) is 0 Å². The van der Waals surface area contributed by atoms with E-state index in [1.807, 2.05) is 0 Å². The summed E-state index contributed by atoms with van der Waals surface area (Å²) in [5.74, 6) is -0.129. The lowest BCUT2D eigenvalue weighted by molar-refractivity contribution is 0.541. The molecular weight excluding hydrogens is 190 g/mol. The molecule has 0 aromatic heterocycles. The molecule has 0 atom stereocenters. The SMILES string of the molecule is CCCS(=O)(=O)NC(C)(C)C(=N)N. The quantitative estimate of drug-likeness (QED) is 0.438. The second-order valence-corrected chi connectivity index (χ2v) is 5.30. The standard InChI is InChI=1S/C7H17N3O2S/c1-4-5-13(11,12)10-7(2,3)6(8)9/h10H,4-5H2,1-3H3,(H3,8,9). The summed E-state index contributed by atoms with van der Waals surface area (Å²) in [6, 6.07) is 0. The summed E-state index contributed by atoms with van der Waals surface area (Å²) in [4.78, 5) is 0. The summed E-state index contributed by atoms with van der Waals surface area (Å²) in [7, 11) is -3.31. The number of hydrogen-bond acceptors (Lipinski definition) is 3. The Kier molecular flexibility index (Phi) is 3.87. The van der Waals surface area contributed by atoms with E-state index < -0.39 is 15.6 Å². The van der Waals surface area contributed by atoms with E-state index in [0.29, 0.717) is 6.42 Å². The van der Waals surface area contributed by atoms with Crippen molar-refractivity contribution in [3.8, 4) is 0 Å². The van der Waals surface area contributed by atoms with Crippen LogP contribution in [-0.4, -0.2) is 25.5 Å². The molecule has 0 saturated heterocycles. The molecule has 0 aromatic carbocycles. The summed E-state index contributed by atoms with van der Waals surface area (Å²) in [6.07, 6.45) is 0.545. The first-order valence-electron chi connectivity index (χ1n) is 4.07. The molecular formula is C7H17N3O2S. The highest BCUT2D eigenvalue weighted by Crippen LogP contribution is 2.04. The van der Waals surface area contributed by atoms with E-state index in [1.54, 1.807) is 20.8 Å². The zero-order chi connectivity index (χ0) is 10.7. The first-order valence-corrected chi connectivity index (χ1v) is 5.72. The maximum atomic E-state index is 11.3. The molecule has 6 heteroatoms. The van der Waals surface area contributed by atoms with Crippen LogP contribution in [0.1, 0.15) is 27.2 Å². The highest BCUT2D eigenvalue weighted by atomic mass is 32.2. The molecule has 0 aliphatic carbocycles. The predicted octanol–water partition coefficient (Wildman–Crippen LogP) is 0.0304. The summed E-state index contributed by atoms with van der Waals surface area (Å²) in [6.45, 7) is 4.89. The van der Waals surface area contributed by atoms with E-state index in [4.69, 9.17) is 11.1 Å². The van der Waals surface area contributed by atoms with Gasteiger partial charge in [-0.1, -0.05) is 6.92 Å². The Morgan fingerprint density at radius 1 is 1.54 bits per heavy atom. The Labute approximate surface area is 79.3 Å². The first-order chi connectivity index (χ1) is 5.71. The van der Waals surface area contributed by atoms with Gasteiger partial charge in [-0.3, -0.25) is 5.41 Å². The normalized spacial score (nSPS) is 12.8. The fraction of sp³-hybridized carbons (Fsp3) is 0.857. The van der Waals surface area contributed by atoms with Gasteiger partial charge in [0.2, 0.25) is 10.0 Å². The van der Waals surface area contributed by atoms with Crippen molar-refractivity contribution >= 4 is 15.9 Å². The number of hydrogen-bond donors (Lipinski definition) is 3. The molecule has 5 nitrogen and oxygen atoms in total. The van der Waals surface area contributed by atoms with Crippen LogP contribution in [0.15, 0.2) is 0 Å². The largest absolute Gasteiger partial charge is 0.386 e. The molecule has 78 valence electrons. The molecule has 0 saturated carbocycles. The topological polar surface area (TPSA) is 96.0 Å². The Morgan fingerprint density at radius 2 is 2.00 bits per heavy atom. The van der Waals surface area contributed by atoms with Crippen LogP contribution in [0, 0.1) is 5.41 Å². The fourth-order valence-electron chi connectivity index (χ4n) is 0.763. The molecule has 13 heavy (non-hydrogen) atoms. The van der Waals surface area contributed by atoms with Gasteiger partial charge in [0, 0.05) is 0 Å². The van der Waals surface area contributed by atoms with Crippen molar-refractivity contribution in [3.63, 3.8) is 0 Å². The molecule has 0 heterocycles. The number of rotatable bonds is 5. The molecule has 0 spiro atoms. The highest BCUT2D eigenvalue weighted by molar-refractivity contribution is 7.89. The third-order valence-electron chi connectivity index (χ3n) is 1.56. The van der Waals surface area contributed by atoms with Gasteiger partial charge in [-0.05, 0) is 20.3 Å². The Morgan fingerprint density at radius 3 is 2.31 bits per heavy atom. The molecule has 0 rings (SSSR count). The van der Waals surface area contributed by atoms with Gasteiger partial charge in [0.15, 0.2) is 0 Å². The third kappa shape index (κ3) is 4.23. The first kappa shape index (κ1) is 12.4. The van der Waals surface area contributed by atoms with Gasteiger partial charge in [-0.25, -0.2) is 13.1 Å². The minimum absolute atomic E-state index is 0.0592. The van der Waals surface area contributed by atoms with Gasteiger partial charge in [-0.15, -0.1) is 0 Å². The lowest BCUT2D eigenvalue weighted by Crippen LogP contribution is -2.53. The van der Waals surface area contributed by atoms with Crippen molar-refractivity contribution in [2.45, 2.75) is 32.7 Å². The number of sulfonamides is 1. The lowest BCUT2D eigenvalue weighted by Gasteiger charge is -2.23. The highest BCUT2D eigenvalue weighted by Gasteiger charge is 2.26. The zero-order valence-electron chi connectivity index (χ0n) is 8.22. The van der Waals surface area contributed by atoms with E-state index in [-0.39, 0.29) is 11.6 Å². The van der Waals surface area contributed by atoms with E-state index >= 15 is 0 Å². The molecule has 0 amide bonds. The second-order valence-electron chi connectivity index (χ2n) is 3.46. The van der Waals surface area contributed by atoms with Gasteiger partial charge in [0.1, 0.15) is 5.84 Å². The van der Waals surface area contributed by atoms with Crippen molar-refractivity contribution < 1.29 is 8.42 Å². The summed E-state index contributed by atoms with van der Waals surface area (Å²) in [5.41, 5.74) is 4.24. The summed E-state index contributed by atoms with van der Waals surface area (Å²) < 4.78 is 24.9. The van der Waals surface area contributed by atoms with Crippen LogP contribution < -0.4 is 10.5 Å². The summed E-state index contributed by atoms with van der Waals surface area (Å²) >= 11 is 0. The molecule has 0 unspecified atom stereocenters. The molecule has 0 aromatic rings. The number of amidine groups is 1. The number of nitrogens with two attached hydrogens (primary N) is 1. The van der Waals surface area contributed by atoms with Crippen molar-refractivity contribution in [3.05, 3.63) is 0 Å². The second kappa shape index (κ2) is 4.06. The maximum absolute atomic E-state index is 11.3. The average Bonchev–Trinajstić information content (AvgIpc) is 1.83. The lowest BCUT2D eigenvalue weighted by atomic mass is 10.1. The molecule has 0 fully saturated rings. The van der Waals surface area contributed by atoms with Crippen molar-refractivity contribution in [1.82, 2.24) is 4.72 Å². The molecule has 0 bridgehead atoms. The Hall–Kier alpha value is -0.620. The van der Waals surface area contributed by atoms with E-state index in [9.17, 15) is 8.42 Å². The van der Waals surface area contributed by atoms with Crippen LogP contribution in [0.5, 0.6) is 0 Å². The number of nitrogens with one attached hydrogen (secondary N) is 2. The minimum atomic E-state index is -3.31. The summed E-state index contributed by atoms with van der Waals surface area (Å²) in [5, 5.41) is 7.16. The fourth-order valence-corrected chi connectivity index (χ4v) is 2.29. The van der Waals surface area contributed by atoms with Crippen LogP contribution in [-0.2, 0) is 10.0 Å². The van der Waals surface area contributed by atoms with Crippen LogP contribution >= 0.6 is 0 Å². The van der Waals surface area contributed by atoms with E-state index in [1.165, 1.54) is 0 Å².